The molecule has 0 atom stereocenters. The second-order valence-electron chi connectivity index (χ2n) is 4.87. The summed E-state index contributed by atoms with van der Waals surface area (Å²) in [5, 5.41) is 0. The Labute approximate surface area is 131 Å². The molecule has 0 saturated heterocycles. The van der Waals surface area contributed by atoms with Crippen LogP contribution in [0.3, 0.4) is 0 Å². The lowest BCUT2D eigenvalue weighted by Crippen LogP contribution is -2.10. The van der Waals surface area contributed by atoms with Gasteiger partial charge in [-0.1, -0.05) is 34.1 Å². The first-order valence-corrected chi connectivity index (χ1v) is 8.76. The number of halogens is 2. The fraction of sp³-hybridized carbons (Fsp3) is 0.125. The van der Waals surface area contributed by atoms with E-state index in [4.69, 9.17) is 0 Å². The molecular weight excluding hydrogens is 355 g/mol. The highest BCUT2D eigenvalue weighted by molar-refractivity contribution is 9.10. The fourth-order valence-electron chi connectivity index (χ4n) is 2.49. The summed E-state index contributed by atoms with van der Waals surface area (Å²) in [5.74, 6) is -0.552. The molecule has 2 aromatic rings. The predicted octanol–water partition coefficient (Wildman–Crippen LogP) is 4.35. The van der Waals surface area contributed by atoms with Crippen LogP contribution in [0.15, 0.2) is 57.9 Å². The normalized spacial score (nSPS) is 14.5. The Hall–Kier alpha value is -1.46. The van der Waals surface area contributed by atoms with Crippen molar-refractivity contribution < 1.29 is 12.8 Å². The molecule has 0 unspecified atom stereocenters. The third-order valence-electron chi connectivity index (χ3n) is 3.47. The maximum Gasteiger partial charge on any atom is 0.206 e. The van der Waals surface area contributed by atoms with E-state index in [1.165, 1.54) is 18.2 Å². The molecule has 0 aliphatic heterocycles. The van der Waals surface area contributed by atoms with Crippen LogP contribution in [0.25, 0.3) is 4.91 Å². The van der Waals surface area contributed by atoms with Crippen LogP contribution in [0, 0.1) is 5.82 Å². The number of hydrogen-bond donors (Lipinski definition) is 0. The molecule has 5 heteroatoms. The predicted molar refractivity (Wildman–Crippen MR) is 84.0 cm³/mol. The van der Waals surface area contributed by atoms with Crippen molar-refractivity contribution in [1.82, 2.24) is 0 Å². The first-order chi connectivity index (χ1) is 9.98. The number of benzene rings is 2. The highest BCUT2D eigenvalue weighted by atomic mass is 79.9. The Morgan fingerprint density at radius 3 is 2.67 bits per heavy atom. The molecule has 0 fully saturated rings. The molecule has 21 heavy (non-hydrogen) atoms. The van der Waals surface area contributed by atoms with Crippen molar-refractivity contribution in [3.05, 3.63) is 70.0 Å². The minimum absolute atomic E-state index is 0.00970. The van der Waals surface area contributed by atoms with Crippen molar-refractivity contribution >= 4 is 30.7 Å². The highest BCUT2D eigenvalue weighted by Crippen LogP contribution is 2.35. The van der Waals surface area contributed by atoms with Gasteiger partial charge in [-0.2, -0.15) is 0 Å². The SMILES string of the molecule is O=S(=O)(C1=CCCc2cc(Br)ccc21)c1cccc(F)c1. The lowest BCUT2D eigenvalue weighted by atomic mass is 9.97. The van der Waals surface area contributed by atoms with Crippen molar-refractivity contribution in [1.29, 1.82) is 0 Å². The molecule has 3 rings (SSSR count). The molecule has 2 aromatic carbocycles. The number of hydrogen-bond acceptors (Lipinski definition) is 2. The molecule has 0 spiro atoms. The number of allylic oxidation sites excluding steroid dienone is 1. The Morgan fingerprint density at radius 1 is 1.10 bits per heavy atom. The molecule has 0 amide bonds. The summed E-state index contributed by atoms with van der Waals surface area (Å²) in [6.07, 6.45) is 3.18. The zero-order valence-corrected chi connectivity index (χ0v) is 13.4. The molecule has 2 nitrogen and oxygen atoms in total. The topological polar surface area (TPSA) is 34.1 Å². The highest BCUT2D eigenvalue weighted by Gasteiger charge is 2.26. The minimum atomic E-state index is -3.70. The van der Waals surface area contributed by atoms with E-state index in [1.54, 1.807) is 12.1 Å². The van der Waals surface area contributed by atoms with Crippen molar-refractivity contribution in [2.24, 2.45) is 0 Å². The van der Waals surface area contributed by atoms with Crippen molar-refractivity contribution in [2.75, 3.05) is 0 Å². The quantitative estimate of drug-likeness (QED) is 0.791. The average molecular weight is 367 g/mol. The van der Waals surface area contributed by atoms with Gasteiger partial charge in [-0.05, 0) is 54.3 Å². The van der Waals surface area contributed by atoms with Crippen LogP contribution in [0.1, 0.15) is 17.5 Å². The maximum absolute atomic E-state index is 13.3. The lowest BCUT2D eigenvalue weighted by molar-refractivity contribution is 0.599. The van der Waals surface area contributed by atoms with Crippen LogP contribution >= 0.6 is 15.9 Å². The maximum atomic E-state index is 13.3. The molecule has 1 aliphatic rings. The van der Waals surface area contributed by atoms with E-state index < -0.39 is 15.7 Å². The summed E-state index contributed by atoms with van der Waals surface area (Å²) in [5.41, 5.74) is 1.69. The van der Waals surface area contributed by atoms with E-state index in [1.807, 2.05) is 12.1 Å². The molecular formula is C16H12BrFO2S. The van der Waals surface area contributed by atoms with Gasteiger partial charge in [0.05, 0.1) is 9.80 Å². The Balaban J connectivity index is 2.15. The van der Waals surface area contributed by atoms with Gasteiger partial charge < -0.3 is 0 Å². The molecule has 0 bridgehead atoms. The molecule has 1 aliphatic carbocycles. The standard InChI is InChI=1S/C16H12BrFO2S/c17-12-7-8-15-11(9-12)3-1-6-16(15)21(19,20)14-5-2-4-13(18)10-14/h2,4-10H,1,3H2. The molecule has 0 N–H and O–H groups in total. The van der Waals surface area contributed by atoms with Gasteiger partial charge >= 0.3 is 0 Å². The van der Waals surface area contributed by atoms with Gasteiger partial charge in [0.25, 0.3) is 0 Å². The molecule has 0 radical (unpaired) electrons. The van der Waals surface area contributed by atoms with Crippen molar-refractivity contribution in [3.8, 4) is 0 Å². The largest absolute Gasteiger partial charge is 0.219 e. The molecule has 0 heterocycles. The fourth-order valence-corrected chi connectivity index (χ4v) is 4.51. The van der Waals surface area contributed by atoms with Gasteiger partial charge in [0.1, 0.15) is 5.82 Å². The molecule has 0 saturated carbocycles. The number of fused-ring (bicyclic) bond motifs is 1. The number of sulfone groups is 1. The van der Waals surface area contributed by atoms with Crippen LogP contribution in [0.2, 0.25) is 0 Å². The molecule has 0 aromatic heterocycles. The zero-order chi connectivity index (χ0) is 15.0. The summed E-state index contributed by atoms with van der Waals surface area (Å²) < 4.78 is 39.7. The first kappa shape index (κ1) is 14.5. The second kappa shape index (κ2) is 5.39. The third kappa shape index (κ3) is 2.68. The zero-order valence-electron chi connectivity index (χ0n) is 11.0. The van der Waals surface area contributed by atoms with Crippen LogP contribution in [-0.4, -0.2) is 8.42 Å². The summed E-state index contributed by atoms with van der Waals surface area (Å²) in [6, 6.07) is 10.7. The van der Waals surface area contributed by atoms with Gasteiger partial charge in [0.2, 0.25) is 9.84 Å². The number of aryl methyl sites for hydroxylation is 1. The summed E-state index contributed by atoms with van der Waals surface area (Å²) in [4.78, 5) is 0.256. The minimum Gasteiger partial charge on any atom is -0.219 e. The summed E-state index contributed by atoms with van der Waals surface area (Å²) in [6.45, 7) is 0. The van der Waals surface area contributed by atoms with E-state index in [2.05, 4.69) is 15.9 Å². The number of rotatable bonds is 2. The van der Waals surface area contributed by atoms with Crippen molar-refractivity contribution in [3.63, 3.8) is 0 Å². The average Bonchev–Trinajstić information content (AvgIpc) is 2.46. The Bertz CT molecular complexity index is 841. The van der Waals surface area contributed by atoms with E-state index in [0.717, 1.165) is 22.5 Å². The second-order valence-corrected chi connectivity index (χ2v) is 7.70. The van der Waals surface area contributed by atoms with Crippen molar-refractivity contribution in [2.45, 2.75) is 17.7 Å². The smallest absolute Gasteiger partial charge is 0.206 e. The summed E-state index contributed by atoms with van der Waals surface area (Å²) in [7, 11) is -3.70. The lowest BCUT2D eigenvalue weighted by Gasteiger charge is -2.18. The van der Waals surface area contributed by atoms with Crippen LogP contribution < -0.4 is 0 Å². The van der Waals surface area contributed by atoms with E-state index in [9.17, 15) is 12.8 Å². The Kier molecular flexibility index (Phi) is 3.71. The monoisotopic (exact) mass is 366 g/mol. The van der Waals surface area contributed by atoms with Gasteiger partial charge in [-0.25, -0.2) is 12.8 Å². The first-order valence-electron chi connectivity index (χ1n) is 6.48. The van der Waals surface area contributed by atoms with Crippen LogP contribution in [-0.2, 0) is 16.3 Å². The van der Waals surface area contributed by atoms with E-state index >= 15 is 0 Å². The summed E-state index contributed by atoms with van der Waals surface area (Å²) >= 11 is 3.40. The van der Waals surface area contributed by atoms with Gasteiger partial charge in [0, 0.05) is 4.47 Å². The third-order valence-corrected chi connectivity index (χ3v) is 5.81. The molecule has 108 valence electrons. The van der Waals surface area contributed by atoms with Crippen LogP contribution in [0.5, 0.6) is 0 Å². The van der Waals surface area contributed by atoms with Gasteiger partial charge in [-0.15, -0.1) is 0 Å². The van der Waals surface area contributed by atoms with E-state index in [-0.39, 0.29) is 9.80 Å². The Morgan fingerprint density at radius 2 is 1.90 bits per heavy atom. The van der Waals surface area contributed by atoms with Crippen LogP contribution in [0.4, 0.5) is 4.39 Å². The van der Waals surface area contributed by atoms with E-state index in [0.29, 0.717) is 12.0 Å². The van der Waals surface area contributed by atoms with Gasteiger partial charge in [0.15, 0.2) is 0 Å². The van der Waals surface area contributed by atoms with Gasteiger partial charge in [-0.3, -0.25) is 0 Å².